The number of aromatic nitrogens is 1. The normalized spacial score (nSPS) is 10.6. The largest absolute Gasteiger partial charge is 0.493 e. The number of carbonyl (C=O) groups excluding carboxylic acids is 3. The Morgan fingerprint density at radius 2 is 1.61 bits per heavy atom. The molecule has 0 aliphatic carbocycles. The number of ether oxygens (including phenoxy) is 4. The lowest BCUT2D eigenvalue weighted by atomic mass is 10.1. The van der Waals surface area contributed by atoms with Crippen molar-refractivity contribution in [2.75, 3.05) is 13.9 Å². The molecular formula is C31H39ClN2O7. The third-order valence-electron chi connectivity index (χ3n) is 5.20. The standard InChI is InChI=1S/C12H16N2O5.C12H16O2.C7H7Cl/c1-7(2)12(16)19-6-18-10-8(17-3)4-5-14-9(10)11(13)15;1-3-12(13)14-10(2)9-11-7-5-4-6-8-11;1-6-2-4-7(8)5-3-6/h4-5,7H,6H2,1-3H3,(H2,13,15);4-8,10H,3,9H2,1-2H3;2-5H,1H3. The molecule has 10 heteroatoms. The molecule has 0 saturated heterocycles. The highest BCUT2D eigenvalue weighted by atomic mass is 35.5. The summed E-state index contributed by atoms with van der Waals surface area (Å²) < 4.78 is 20.2. The van der Waals surface area contributed by atoms with Gasteiger partial charge in [-0.15, -0.1) is 0 Å². The van der Waals surface area contributed by atoms with Crippen molar-refractivity contribution in [3.05, 3.63) is 88.7 Å². The average molecular weight is 587 g/mol. The number of hydrogen-bond donors (Lipinski definition) is 1. The van der Waals surface area contributed by atoms with E-state index >= 15 is 0 Å². The average Bonchev–Trinajstić information content (AvgIpc) is 2.95. The van der Waals surface area contributed by atoms with E-state index in [4.69, 9.17) is 36.3 Å². The van der Waals surface area contributed by atoms with Crippen LogP contribution < -0.4 is 15.2 Å². The lowest BCUT2D eigenvalue weighted by Crippen LogP contribution is -2.19. The maximum Gasteiger partial charge on any atom is 0.311 e. The Hall–Kier alpha value is -4.11. The van der Waals surface area contributed by atoms with Crippen molar-refractivity contribution < 1.29 is 33.3 Å². The molecule has 0 saturated carbocycles. The molecule has 2 N–H and O–H groups in total. The zero-order valence-electron chi connectivity index (χ0n) is 24.4. The lowest BCUT2D eigenvalue weighted by Gasteiger charge is -2.13. The van der Waals surface area contributed by atoms with Crippen LogP contribution in [0.15, 0.2) is 66.9 Å². The van der Waals surface area contributed by atoms with E-state index in [1.807, 2.05) is 68.4 Å². The van der Waals surface area contributed by atoms with Crippen LogP contribution in [0.2, 0.25) is 5.02 Å². The van der Waals surface area contributed by atoms with Crippen LogP contribution in [0, 0.1) is 12.8 Å². The molecule has 41 heavy (non-hydrogen) atoms. The van der Waals surface area contributed by atoms with E-state index in [-0.39, 0.29) is 42.0 Å². The van der Waals surface area contributed by atoms with Gasteiger partial charge in [-0.05, 0) is 31.5 Å². The smallest absolute Gasteiger partial charge is 0.311 e. The number of nitrogens with two attached hydrogens (primary N) is 1. The Balaban J connectivity index is 0.000000333. The molecule has 1 atom stereocenters. The summed E-state index contributed by atoms with van der Waals surface area (Å²) in [6.07, 6.45) is 2.56. The SMILES string of the molecule is CCC(=O)OC(C)Cc1ccccc1.COc1ccnc(C(N)=O)c1OCOC(=O)C(C)C.Cc1ccc(Cl)cc1. The molecule has 0 spiro atoms. The van der Waals surface area contributed by atoms with E-state index in [1.165, 1.54) is 30.5 Å². The fraction of sp³-hybridized carbons (Fsp3) is 0.355. The summed E-state index contributed by atoms with van der Waals surface area (Å²) in [5, 5.41) is 0.801. The van der Waals surface area contributed by atoms with Gasteiger partial charge < -0.3 is 24.7 Å². The molecule has 2 aromatic carbocycles. The summed E-state index contributed by atoms with van der Waals surface area (Å²) in [6, 6.07) is 19.3. The number of pyridine rings is 1. The molecule has 0 fully saturated rings. The molecule has 0 bridgehead atoms. The first kappa shape index (κ1) is 34.9. The van der Waals surface area contributed by atoms with Crippen molar-refractivity contribution in [1.82, 2.24) is 4.98 Å². The summed E-state index contributed by atoms with van der Waals surface area (Å²) in [5.41, 5.74) is 7.53. The first-order valence-electron chi connectivity index (χ1n) is 13.1. The molecule has 1 unspecified atom stereocenters. The molecule has 1 amide bonds. The third-order valence-corrected chi connectivity index (χ3v) is 5.45. The van der Waals surface area contributed by atoms with Gasteiger partial charge in [0.15, 0.2) is 17.2 Å². The first-order valence-corrected chi connectivity index (χ1v) is 13.4. The van der Waals surface area contributed by atoms with Crippen molar-refractivity contribution in [1.29, 1.82) is 0 Å². The first-order chi connectivity index (χ1) is 19.5. The zero-order valence-corrected chi connectivity index (χ0v) is 25.1. The van der Waals surface area contributed by atoms with E-state index in [9.17, 15) is 14.4 Å². The Kier molecular flexibility index (Phi) is 16.2. The number of esters is 2. The summed E-state index contributed by atoms with van der Waals surface area (Å²) in [6.45, 7) is 8.80. The van der Waals surface area contributed by atoms with Gasteiger partial charge in [0.1, 0.15) is 6.10 Å². The highest BCUT2D eigenvalue weighted by molar-refractivity contribution is 6.30. The molecule has 9 nitrogen and oxygen atoms in total. The maximum absolute atomic E-state index is 11.3. The van der Waals surface area contributed by atoms with Gasteiger partial charge in [0.25, 0.3) is 5.91 Å². The van der Waals surface area contributed by atoms with Gasteiger partial charge >= 0.3 is 11.9 Å². The Morgan fingerprint density at radius 3 is 2.12 bits per heavy atom. The van der Waals surface area contributed by atoms with Gasteiger partial charge in [-0.25, -0.2) is 4.98 Å². The van der Waals surface area contributed by atoms with Crippen LogP contribution in [0.25, 0.3) is 0 Å². The summed E-state index contributed by atoms with van der Waals surface area (Å²) in [4.78, 5) is 37.3. The molecule has 0 radical (unpaired) electrons. The lowest BCUT2D eigenvalue weighted by molar-refractivity contribution is -0.154. The van der Waals surface area contributed by atoms with Gasteiger partial charge in [-0.1, -0.05) is 80.4 Å². The highest BCUT2D eigenvalue weighted by Crippen LogP contribution is 2.29. The van der Waals surface area contributed by atoms with E-state index in [2.05, 4.69) is 4.98 Å². The van der Waals surface area contributed by atoms with Crippen molar-refractivity contribution in [2.24, 2.45) is 11.7 Å². The molecule has 1 aromatic heterocycles. The molecule has 1 heterocycles. The predicted molar refractivity (Wildman–Crippen MR) is 158 cm³/mol. The van der Waals surface area contributed by atoms with Crippen LogP contribution in [-0.2, 0) is 25.5 Å². The van der Waals surface area contributed by atoms with Crippen LogP contribution in [-0.4, -0.2) is 42.8 Å². The Labute approximate surface area is 246 Å². The van der Waals surface area contributed by atoms with Gasteiger partial charge in [-0.2, -0.15) is 0 Å². The van der Waals surface area contributed by atoms with Crippen LogP contribution in [0.5, 0.6) is 11.5 Å². The number of halogens is 1. The second kappa shape index (κ2) is 19.0. The van der Waals surface area contributed by atoms with Crippen molar-refractivity contribution in [3.63, 3.8) is 0 Å². The van der Waals surface area contributed by atoms with Crippen LogP contribution in [0.1, 0.15) is 55.7 Å². The number of benzene rings is 2. The van der Waals surface area contributed by atoms with Crippen molar-refractivity contribution in [2.45, 2.75) is 53.6 Å². The monoisotopic (exact) mass is 586 g/mol. The van der Waals surface area contributed by atoms with Gasteiger partial charge in [0.2, 0.25) is 6.79 Å². The number of hydrogen-bond acceptors (Lipinski definition) is 8. The number of amides is 1. The minimum Gasteiger partial charge on any atom is -0.493 e. The van der Waals surface area contributed by atoms with Crippen LogP contribution in [0.4, 0.5) is 0 Å². The number of primary amides is 1. The highest BCUT2D eigenvalue weighted by Gasteiger charge is 2.17. The van der Waals surface area contributed by atoms with E-state index < -0.39 is 11.9 Å². The topological polar surface area (TPSA) is 127 Å². The van der Waals surface area contributed by atoms with Crippen LogP contribution >= 0.6 is 11.6 Å². The summed E-state index contributed by atoms with van der Waals surface area (Å²) in [5.74, 6) is -1.24. The van der Waals surface area contributed by atoms with E-state index in [0.29, 0.717) is 6.42 Å². The van der Waals surface area contributed by atoms with Gasteiger partial charge in [-0.3, -0.25) is 14.4 Å². The van der Waals surface area contributed by atoms with Crippen molar-refractivity contribution in [3.8, 4) is 11.5 Å². The van der Waals surface area contributed by atoms with E-state index in [1.54, 1.807) is 20.8 Å². The third kappa shape index (κ3) is 14.2. The van der Waals surface area contributed by atoms with Crippen LogP contribution in [0.3, 0.4) is 0 Å². The Morgan fingerprint density at radius 1 is 0.976 bits per heavy atom. The molecule has 222 valence electrons. The van der Waals surface area contributed by atoms with Gasteiger partial charge in [0.05, 0.1) is 13.0 Å². The summed E-state index contributed by atoms with van der Waals surface area (Å²) >= 11 is 5.61. The number of aryl methyl sites for hydroxylation is 1. The molecule has 0 aliphatic rings. The zero-order chi connectivity index (χ0) is 30.8. The van der Waals surface area contributed by atoms with Crippen molar-refractivity contribution >= 4 is 29.4 Å². The number of rotatable bonds is 10. The second-order valence-corrected chi connectivity index (χ2v) is 9.51. The molecular weight excluding hydrogens is 548 g/mol. The van der Waals surface area contributed by atoms with Gasteiger partial charge in [0, 0.05) is 30.1 Å². The number of nitrogens with zero attached hydrogens (tertiary/aromatic N) is 1. The number of methoxy groups -OCH3 is 1. The second-order valence-electron chi connectivity index (χ2n) is 9.07. The molecule has 3 aromatic rings. The fourth-order valence-corrected chi connectivity index (χ4v) is 3.17. The number of carbonyl (C=O) groups is 3. The quantitative estimate of drug-likeness (QED) is 0.228. The predicted octanol–water partition coefficient (Wildman–Crippen LogP) is 5.94. The Bertz CT molecular complexity index is 1200. The molecule has 3 rings (SSSR count). The minimum absolute atomic E-state index is 0.0372. The maximum atomic E-state index is 11.3. The van der Waals surface area contributed by atoms with E-state index in [0.717, 1.165) is 11.4 Å². The molecule has 0 aliphatic heterocycles. The minimum atomic E-state index is -0.760. The summed E-state index contributed by atoms with van der Waals surface area (Å²) in [7, 11) is 1.41. The fourth-order valence-electron chi connectivity index (χ4n) is 3.05.